The van der Waals surface area contributed by atoms with Crippen molar-refractivity contribution in [3.05, 3.63) is 23.4 Å². The molecule has 0 radical (unpaired) electrons. The third-order valence-corrected chi connectivity index (χ3v) is 8.65. The molecule has 1 aromatic rings. The predicted molar refractivity (Wildman–Crippen MR) is 104 cm³/mol. The molecule has 2 bridgehead atoms. The fraction of sp³-hybridized carbons (Fsp3) is 0.684. The van der Waals surface area contributed by atoms with E-state index in [1.54, 1.807) is 15.3 Å². The summed E-state index contributed by atoms with van der Waals surface area (Å²) in [5, 5.41) is -0.245. The van der Waals surface area contributed by atoms with E-state index in [2.05, 4.69) is 9.88 Å². The fourth-order valence-electron chi connectivity index (χ4n) is 4.52. The van der Waals surface area contributed by atoms with Gasteiger partial charge in [-0.25, -0.2) is 13.4 Å². The number of pyridine rings is 1. The summed E-state index contributed by atoms with van der Waals surface area (Å²) in [4.78, 5) is 21.7. The third kappa shape index (κ3) is 3.09. The molecule has 2 saturated heterocycles. The zero-order valence-corrected chi connectivity index (χ0v) is 16.9. The van der Waals surface area contributed by atoms with Gasteiger partial charge in [0, 0.05) is 39.1 Å². The second-order valence-corrected chi connectivity index (χ2v) is 10.6. The maximum absolute atomic E-state index is 13.2. The first-order valence-corrected chi connectivity index (χ1v) is 11.5. The van der Waals surface area contributed by atoms with Crippen molar-refractivity contribution in [2.45, 2.75) is 30.6 Å². The van der Waals surface area contributed by atoms with Crippen LogP contribution in [0.3, 0.4) is 0 Å². The van der Waals surface area contributed by atoms with Crippen LogP contribution in [-0.4, -0.2) is 86.2 Å². The molecule has 1 aromatic heterocycles. The Balaban J connectivity index is 1.41. The van der Waals surface area contributed by atoms with Gasteiger partial charge in [0.05, 0.1) is 24.5 Å². The molecule has 1 saturated carbocycles. The van der Waals surface area contributed by atoms with Gasteiger partial charge in [0.2, 0.25) is 10.0 Å². The zero-order chi connectivity index (χ0) is 19.5. The van der Waals surface area contributed by atoms with Crippen LogP contribution in [0.15, 0.2) is 12.1 Å². The second-order valence-electron chi connectivity index (χ2n) is 8.43. The van der Waals surface area contributed by atoms with Gasteiger partial charge in [-0.1, -0.05) is 6.07 Å². The number of anilines is 1. The monoisotopic (exact) mass is 406 g/mol. The number of fused-ring (bicyclic) bond motifs is 4. The Kier molecular flexibility index (Phi) is 4.37. The van der Waals surface area contributed by atoms with E-state index in [0.717, 1.165) is 31.6 Å². The molecular weight excluding hydrogens is 380 g/mol. The third-order valence-electron chi connectivity index (χ3n) is 6.23. The number of likely N-dealkylation sites (N-methyl/N-ethyl adjacent to an activating group) is 1. The van der Waals surface area contributed by atoms with E-state index >= 15 is 0 Å². The Labute approximate surface area is 165 Å². The molecule has 1 amide bonds. The van der Waals surface area contributed by atoms with E-state index in [1.807, 2.05) is 13.1 Å². The van der Waals surface area contributed by atoms with Crippen LogP contribution in [0.4, 0.5) is 5.82 Å². The molecule has 0 spiro atoms. The van der Waals surface area contributed by atoms with Gasteiger partial charge in [0.15, 0.2) is 0 Å². The lowest BCUT2D eigenvalue weighted by Gasteiger charge is -2.30. The highest BCUT2D eigenvalue weighted by atomic mass is 32.2. The summed E-state index contributed by atoms with van der Waals surface area (Å²) in [6.45, 7) is 3.03. The van der Waals surface area contributed by atoms with Gasteiger partial charge in [-0.05, 0) is 30.9 Å². The van der Waals surface area contributed by atoms with Crippen LogP contribution in [0.2, 0.25) is 0 Å². The maximum atomic E-state index is 13.2. The van der Waals surface area contributed by atoms with Crippen molar-refractivity contribution < 1.29 is 17.9 Å². The van der Waals surface area contributed by atoms with E-state index in [9.17, 15) is 13.2 Å². The first-order chi connectivity index (χ1) is 13.4. The number of sulfonamides is 1. The number of aromatic nitrogens is 1. The molecule has 8 nitrogen and oxygen atoms in total. The van der Waals surface area contributed by atoms with E-state index in [0.29, 0.717) is 38.5 Å². The van der Waals surface area contributed by atoms with Crippen molar-refractivity contribution in [2.24, 2.45) is 5.92 Å². The highest BCUT2D eigenvalue weighted by Gasteiger charge is 2.47. The highest BCUT2D eigenvalue weighted by Crippen LogP contribution is 2.34. The smallest absolute Gasteiger partial charge is 0.272 e. The fourth-order valence-corrected chi connectivity index (χ4v) is 6.59. The van der Waals surface area contributed by atoms with Crippen LogP contribution in [0, 0.1) is 5.92 Å². The molecule has 9 heteroatoms. The normalized spacial score (nSPS) is 28.2. The number of ether oxygens (including phenoxy) is 1. The van der Waals surface area contributed by atoms with Gasteiger partial charge in [0.1, 0.15) is 11.5 Å². The molecule has 152 valence electrons. The Bertz CT molecular complexity index is 901. The molecule has 1 aliphatic carbocycles. The van der Waals surface area contributed by atoms with Crippen molar-refractivity contribution >= 4 is 21.7 Å². The topological polar surface area (TPSA) is 83.0 Å². The van der Waals surface area contributed by atoms with Gasteiger partial charge in [-0.15, -0.1) is 0 Å². The summed E-state index contributed by atoms with van der Waals surface area (Å²) in [7, 11) is -1.31. The molecule has 0 unspecified atom stereocenters. The van der Waals surface area contributed by atoms with Crippen molar-refractivity contribution in [2.75, 3.05) is 51.3 Å². The predicted octanol–water partition coefficient (Wildman–Crippen LogP) is 0.339. The quantitative estimate of drug-likeness (QED) is 0.720. The van der Waals surface area contributed by atoms with E-state index < -0.39 is 10.0 Å². The summed E-state index contributed by atoms with van der Waals surface area (Å²) in [6, 6.07) is 3.47. The molecule has 5 rings (SSSR count). The highest BCUT2D eigenvalue weighted by molar-refractivity contribution is 7.90. The van der Waals surface area contributed by atoms with Gasteiger partial charge in [-0.2, -0.15) is 4.31 Å². The van der Waals surface area contributed by atoms with Gasteiger partial charge < -0.3 is 14.5 Å². The van der Waals surface area contributed by atoms with Crippen LogP contribution in [0.5, 0.6) is 0 Å². The van der Waals surface area contributed by atoms with Crippen molar-refractivity contribution in [3.8, 4) is 0 Å². The van der Waals surface area contributed by atoms with E-state index in [-0.39, 0.29) is 23.1 Å². The number of amides is 1. The lowest BCUT2D eigenvalue weighted by molar-refractivity contribution is 0.0456. The Hall–Kier alpha value is -1.71. The lowest BCUT2D eigenvalue weighted by Crippen LogP contribution is -2.48. The van der Waals surface area contributed by atoms with Gasteiger partial charge in [0.25, 0.3) is 5.91 Å². The first kappa shape index (κ1) is 18.3. The minimum absolute atomic E-state index is 0.0120. The van der Waals surface area contributed by atoms with Crippen LogP contribution in [-0.2, 0) is 21.2 Å². The largest absolute Gasteiger partial charge is 0.379 e. The molecular formula is C19H26N4O4S. The number of nitrogens with zero attached hydrogens (tertiary/aromatic N) is 4. The Morgan fingerprint density at radius 2 is 2.00 bits per heavy atom. The molecule has 0 aromatic carbocycles. The number of hydrogen-bond acceptors (Lipinski definition) is 6. The van der Waals surface area contributed by atoms with Crippen LogP contribution < -0.4 is 4.90 Å². The van der Waals surface area contributed by atoms with Crippen molar-refractivity contribution in [3.63, 3.8) is 0 Å². The number of hydrogen-bond donors (Lipinski definition) is 0. The molecule has 3 fully saturated rings. The summed E-state index contributed by atoms with van der Waals surface area (Å²) in [5.41, 5.74) is 1.60. The summed E-state index contributed by atoms with van der Waals surface area (Å²) in [5.74, 6) is 0.745. The molecule has 3 aliphatic heterocycles. The van der Waals surface area contributed by atoms with E-state index in [1.165, 1.54) is 5.56 Å². The molecule has 28 heavy (non-hydrogen) atoms. The number of rotatable bonds is 3. The second kappa shape index (κ2) is 6.67. The summed E-state index contributed by atoms with van der Waals surface area (Å²) in [6.07, 6.45) is 2.44. The van der Waals surface area contributed by atoms with E-state index in [4.69, 9.17) is 4.74 Å². The minimum Gasteiger partial charge on any atom is -0.379 e. The standard InChI is InChI=1S/C19H26N4O4S/c1-21-7-6-14-2-5-17(20-18(14)21)19(24)22-8-13-9-23(15(10-22)12-27-11-13)28(25,26)16-3-4-16/h2,5,13,15-16H,3-4,6-12H2,1H3/t13-,15-/m0/s1. The first-order valence-electron chi connectivity index (χ1n) is 10.0. The number of carbonyl (C=O) groups excluding carboxylic acids is 1. The summed E-state index contributed by atoms with van der Waals surface area (Å²) >= 11 is 0. The molecule has 4 heterocycles. The number of carbonyl (C=O) groups is 1. The SMILES string of the molecule is CN1CCc2ccc(C(=O)N3C[C@@H]4COC[C@H](C3)N(S(=O)(=O)C3CC3)C4)nc21. The van der Waals surface area contributed by atoms with Crippen molar-refractivity contribution in [1.29, 1.82) is 0 Å². The minimum atomic E-state index is -3.30. The zero-order valence-electron chi connectivity index (χ0n) is 16.1. The molecule has 4 aliphatic rings. The van der Waals surface area contributed by atoms with Crippen LogP contribution in [0.25, 0.3) is 0 Å². The Morgan fingerprint density at radius 1 is 1.18 bits per heavy atom. The van der Waals surface area contributed by atoms with Crippen molar-refractivity contribution in [1.82, 2.24) is 14.2 Å². The molecule has 0 N–H and O–H groups in total. The van der Waals surface area contributed by atoms with Gasteiger partial charge >= 0.3 is 0 Å². The molecule has 2 atom stereocenters. The van der Waals surface area contributed by atoms with Crippen LogP contribution >= 0.6 is 0 Å². The van der Waals surface area contributed by atoms with Crippen LogP contribution in [0.1, 0.15) is 28.9 Å². The summed E-state index contributed by atoms with van der Waals surface area (Å²) < 4.78 is 33.2. The lowest BCUT2D eigenvalue weighted by atomic mass is 10.1. The Morgan fingerprint density at radius 3 is 2.79 bits per heavy atom. The average Bonchev–Trinajstić information content (AvgIpc) is 3.48. The maximum Gasteiger partial charge on any atom is 0.272 e. The van der Waals surface area contributed by atoms with Gasteiger partial charge in [-0.3, -0.25) is 4.79 Å². The average molecular weight is 407 g/mol.